The summed E-state index contributed by atoms with van der Waals surface area (Å²) in [4.78, 5) is 11.4. The van der Waals surface area contributed by atoms with Gasteiger partial charge in [0.2, 0.25) is 0 Å². The van der Waals surface area contributed by atoms with Crippen LogP contribution in [0.2, 0.25) is 10.0 Å². The maximum absolute atomic E-state index is 11.4. The molecule has 0 bridgehead atoms. The van der Waals surface area contributed by atoms with Crippen molar-refractivity contribution >= 4 is 29.1 Å². The molecule has 0 aromatic heterocycles. The quantitative estimate of drug-likeness (QED) is 0.756. The van der Waals surface area contributed by atoms with E-state index in [9.17, 15) is 4.79 Å². The summed E-state index contributed by atoms with van der Waals surface area (Å²) in [6.45, 7) is 4.11. The van der Waals surface area contributed by atoms with E-state index in [1.807, 2.05) is 6.92 Å². The minimum atomic E-state index is -0.191. The summed E-state index contributed by atoms with van der Waals surface area (Å²) in [6, 6.07) is 4.87. The Balaban J connectivity index is 2.31. The maximum atomic E-state index is 11.4. The Morgan fingerprint density at radius 2 is 2.11 bits per heavy atom. The Morgan fingerprint density at radius 3 is 2.83 bits per heavy atom. The normalized spacial score (nSPS) is 10.2. The highest BCUT2D eigenvalue weighted by atomic mass is 35.5. The SMILES string of the molecule is CCNCCNC(=O)COc1cc(Cl)ccc1Cl. The fourth-order valence-electron chi connectivity index (χ4n) is 1.25. The van der Waals surface area contributed by atoms with Gasteiger partial charge >= 0.3 is 0 Å². The zero-order valence-electron chi connectivity index (χ0n) is 10.1. The minimum Gasteiger partial charge on any atom is -0.482 e. The maximum Gasteiger partial charge on any atom is 0.257 e. The second kappa shape index (κ2) is 8.19. The van der Waals surface area contributed by atoms with Crippen LogP contribution in [0, 0.1) is 0 Å². The molecule has 0 spiro atoms. The molecule has 4 nitrogen and oxygen atoms in total. The van der Waals surface area contributed by atoms with Gasteiger partial charge in [0.25, 0.3) is 5.91 Å². The van der Waals surface area contributed by atoms with Crippen molar-refractivity contribution < 1.29 is 9.53 Å². The van der Waals surface area contributed by atoms with Gasteiger partial charge in [-0.05, 0) is 18.7 Å². The van der Waals surface area contributed by atoms with Crippen molar-refractivity contribution in [2.45, 2.75) is 6.92 Å². The first kappa shape index (κ1) is 15.1. The van der Waals surface area contributed by atoms with Gasteiger partial charge in [0.15, 0.2) is 6.61 Å². The Kier molecular flexibility index (Phi) is 6.86. The molecular formula is C12H16Cl2N2O2. The third-order valence-electron chi connectivity index (χ3n) is 2.13. The first-order valence-corrected chi connectivity index (χ1v) is 6.44. The van der Waals surface area contributed by atoms with E-state index in [2.05, 4.69) is 10.6 Å². The van der Waals surface area contributed by atoms with Gasteiger partial charge in [0, 0.05) is 24.2 Å². The lowest BCUT2D eigenvalue weighted by Gasteiger charge is -2.09. The first-order chi connectivity index (χ1) is 8.63. The number of hydrogen-bond acceptors (Lipinski definition) is 3. The summed E-state index contributed by atoms with van der Waals surface area (Å²) >= 11 is 11.7. The Bertz CT molecular complexity index is 400. The Labute approximate surface area is 117 Å². The monoisotopic (exact) mass is 290 g/mol. The van der Waals surface area contributed by atoms with Crippen LogP contribution in [0.15, 0.2) is 18.2 Å². The van der Waals surface area contributed by atoms with E-state index in [1.165, 1.54) is 0 Å². The molecule has 1 aromatic rings. The first-order valence-electron chi connectivity index (χ1n) is 5.68. The van der Waals surface area contributed by atoms with Crippen LogP contribution in [0.4, 0.5) is 0 Å². The third kappa shape index (κ3) is 5.58. The number of hydrogen-bond donors (Lipinski definition) is 2. The summed E-state index contributed by atoms with van der Waals surface area (Å²) in [7, 11) is 0. The lowest BCUT2D eigenvalue weighted by atomic mass is 10.3. The molecule has 0 fully saturated rings. The van der Waals surface area contributed by atoms with E-state index in [4.69, 9.17) is 27.9 Å². The molecule has 100 valence electrons. The predicted octanol–water partition coefficient (Wildman–Crippen LogP) is 2.10. The van der Waals surface area contributed by atoms with Crippen LogP contribution in [0.5, 0.6) is 5.75 Å². The van der Waals surface area contributed by atoms with Gasteiger partial charge in [0.1, 0.15) is 5.75 Å². The molecule has 0 radical (unpaired) electrons. The molecule has 6 heteroatoms. The fraction of sp³-hybridized carbons (Fsp3) is 0.417. The number of benzene rings is 1. The Hall–Kier alpha value is -0.970. The van der Waals surface area contributed by atoms with Gasteiger partial charge in [-0.1, -0.05) is 30.1 Å². The summed E-state index contributed by atoms with van der Waals surface area (Å²) in [5.74, 6) is 0.218. The van der Waals surface area contributed by atoms with Crippen molar-refractivity contribution in [1.82, 2.24) is 10.6 Å². The van der Waals surface area contributed by atoms with E-state index in [1.54, 1.807) is 18.2 Å². The van der Waals surface area contributed by atoms with Gasteiger partial charge in [-0.15, -0.1) is 0 Å². The van der Waals surface area contributed by atoms with Gasteiger partial charge in [-0.2, -0.15) is 0 Å². The molecule has 0 unspecified atom stereocenters. The molecule has 0 aliphatic carbocycles. The number of nitrogens with one attached hydrogen (secondary N) is 2. The molecule has 0 aliphatic rings. The Morgan fingerprint density at radius 1 is 1.33 bits per heavy atom. The average Bonchev–Trinajstić information content (AvgIpc) is 2.36. The van der Waals surface area contributed by atoms with Crippen molar-refractivity contribution in [1.29, 1.82) is 0 Å². The van der Waals surface area contributed by atoms with Crippen LogP contribution in [-0.2, 0) is 4.79 Å². The van der Waals surface area contributed by atoms with Crippen LogP contribution in [-0.4, -0.2) is 32.1 Å². The highest BCUT2D eigenvalue weighted by Crippen LogP contribution is 2.27. The van der Waals surface area contributed by atoms with Crippen LogP contribution >= 0.6 is 23.2 Å². The number of carbonyl (C=O) groups is 1. The summed E-state index contributed by atoms with van der Waals surface area (Å²) < 4.78 is 5.29. The van der Waals surface area contributed by atoms with Crippen molar-refractivity contribution in [3.8, 4) is 5.75 Å². The number of halogens is 2. The predicted molar refractivity (Wildman–Crippen MR) is 73.5 cm³/mol. The highest BCUT2D eigenvalue weighted by Gasteiger charge is 2.06. The second-order valence-corrected chi connectivity index (χ2v) is 4.41. The molecule has 1 amide bonds. The molecule has 1 rings (SSSR count). The standard InChI is InChI=1S/C12H16Cl2N2O2/c1-2-15-5-6-16-12(17)8-18-11-7-9(13)3-4-10(11)14/h3-4,7,15H,2,5-6,8H2,1H3,(H,16,17). The van der Waals surface area contributed by atoms with Gasteiger partial charge in [-0.3, -0.25) is 4.79 Å². The summed E-state index contributed by atoms with van der Waals surface area (Å²) in [6.07, 6.45) is 0. The number of carbonyl (C=O) groups excluding carboxylic acids is 1. The lowest BCUT2D eigenvalue weighted by molar-refractivity contribution is -0.123. The van der Waals surface area contributed by atoms with E-state index in [0.717, 1.165) is 13.1 Å². The molecule has 2 N–H and O–H groups in total. The highest BCUT2D eigenvalue weighted by molar-refractivity contribution is 6.34. The summed E-state index contributed by atoms with van der Waals surface area (Å²) in [5.41, 5.74) is 0. The van der Waals surface area contributed by atoms with Crippen LogP contribution in [0.3, 0.4) is 0 Å². The van der Waals surface area contributed by atoms with Crippen LogP contribution < -0.4 is 15.4 Å². The minimum absolute atomic E-state index is 0.0772. The molecule has 0 saturated heterocycles. The number of rotatable bonds is 7. The van der Waals surface area contributed by atoms with Crippen molar-refractivity contribution in [3.05, 3.63) is 28.2 Å². The van der Waals surface area contributed by atoms with Gasteiger partial charge in [-0.25, -0.2) is 0 Å². The van der Waals surface area contributed by atoms with Crippen molar-refractivity contribution in [3.63, 3.8) is 0 Å². The molecule has 18 heavy (non-hydrogen) atoms. The van der Waals surface area contributed by atoms with Crippen LogP contribution in [0.25, 0.3) is 0 Å². The van der Waals surface area contributed by atoms with E-state index in [-0.39, 0.29) is 12.5 Å². The van der Waals surface area contributed by atoms with Gasteiger partial charge in [0.05, 0.1) is 5.02 Å². The average molecular weight is 291 g/mol. The zero-order chi connectivity index (χ0) is 13.4. The van der Waals surface area contributed by atoms with E-state index in [0.29, 0.717) is 22.3 Å². The number of ether oxygens (including phenoxy) is 1. The molecule has 1 aromatic carbocycles. The van der Waals surface area contributed by atoms with E-state index >= 15 is 0 Å². The second-order valence-electron chi connectivity index (χ2n) is 3.57. The van der Waals surface area contributed by atoms with E-state index < -0.39 is 0 Å². The summed E-state index contributed by atoms with van der Waals surface area (Å²) in [5, 5.41) is 6.77. The van der Waals surface area contributed by atoms with Crippen molar-refractivity contribution in [2.75, 3.05) is 26.2 Å². The van der Waals surface area contributed by atoms with Crippen LogP contribution in [0.1, 0.15) is 6.92 Å². The number of likely N-dealkylation sites (N-methyl/N-ethyl adjacent to an activating group) is 1. The molecule has 0 saturated carbocycles. The lowest BCUT2D eigenvalue weighted by Crippen LogP contribution is -2.34. The smallest absolute Gasteiger partial charge is 0.257 e. The molecule has 0 heterocycles. The van der Waals surface area contributed by atoms with Crippen molar-refractivity contribution in [2.24, 2.45) is 0 Å². The molecule has 0 aliphatic heterocycles. The topological polar surface area (TPSA) is 50.4 Å². The fourth-order valence-corrected chi connectivity index (χ4v) is 1.58. The van der Waals surface area contributed by atoms with Gasteiger partial charge < -0.3 is 15.4 Å². The largest absolute Gasteiger partial charge is 0.482 e. The zero-order valence-corrected chi connectivity index (χ0v) is 11.6. The third-order valence-corrected chi connectivity index (χ3v) is 2.67. The number of amides is 1. The molecular weight excluding hydrogens is 275 g/mol. The molecule has 0 atom stereocenters.